The molecule has 0 aromatic heterocycles. The summed E-state index contributed by atoms with van der Waals surface area (Å²) < 4.78 is 110. The smallest absolute Gasteiger partial charge is 0.534 e. The Morgan fingerprint density at radius 1 is 0.468 bits per heavy atom. The number of phenols is 1. The standard InChI is InChI=1S/C41H60O4Si.C38H63BO3Si.C26H27F3O6SSi/c1-14-41(15-2,34-19-20-36(29(4)23-34)32-24-30(25-35(42)27-32)26-38(43)44-11)33-18-16-31(28(3)22-33)17-21-37(39(5,6)7)45-46(12,13)40(8,9)10;1-17-38(18-2,31-22-23-32(28(4)26-31)39-41-36(11,12)37(13,14)42-39)30-21-19-29(27(3)25-30)20-24-33(34(5,6)7)40-43(15,16)35(8,9)10;1-25(2,3)37(22-11-7-5-8-12-22,23-13-9-6-10-14-23)35-21-16-19(17-24(30)33-4)15-20(18-21)34-36(31,32)26(27,28)29/h16,18-20,22-25,27,37,42H,14-15,17,21,26H2,1-13H3;19,21-23,25-26,33H,17-18,20,24H2,1-16H3;5-16,18H,17H2,1-4H3. The number of alkyl halides is 3. The Kier molecular flexibility index (Phi) is 34.2. The molecule has 1 fully saturated rings. The molecule has 1 heterocycles. The molecule has 13 nitrogen and oxygen atoms in total. The van der Waals surface area contributed by atoms with Crippen molar-refractivity contribution < 1.29 is 72.5 Å². The highest BCUT2D eigenvalue weighted by molar-refractivity contribution is 7.88. The number of carbonyl (C=O) groups is 2. The van der Waals surface area contributed by atoms with E-state index >= 15 is 0 Å². The summed E-state index contributed by atoms with van der Waals surface area (Å²) >= 11 is 0. The second-order valence-corrected chi connectivity index (χ2v) is 57.3. The zero-order valence-electron chi connectivity index (χ0n) is 82.4. The van der Waals surface area contributed by atoms with Crippen LogP contribution in [-0.4, -0.2) is 101 Å². The fraction of sp³-hybridized carbons (Fsp3) is 0.524. The van der Waals surface area contributed by atoms with Crippen LogP contribution in [0.2, 0.25) is 41.3 Å². The number of aryl methyl sites for hydroxylation is 6. The molecule has 1 aliphatic rings. The molecule has 2 atom stereocenters. The minimum atomic E-state index is -5.96. The molecule has 0 bridgehead atoms. The highest BCUT2D eigenvalue weighted by atomic mass is 32.2. The third-order valence-corrected chi connectivity index (χ3v) is 42.5. The normalized spacial score (nSPS) is 14.9. The summed E-state index contributed by atoms with van der Waals surface area (Å²) in [6.45, 7) is 70.0. The van der Waals surface area contributed by atoms with E-state index < -0.39 is 57.3 Å². The van der Waals surface area contributed by atoms with Crippen LogP contribution in [0.4, 0.5) is 13.2 Å². The number of ether oxygens (including phenoxy) is 2. The van der Waals surface area contributed by atoms with E-state index in [0.717, 1.165) is 109 Å². The van der Waals surface area contributed by atoms with Crippen molar-refractivity contribution in [2.24, 2.45) is 10.8 Å². The van der Waals surface area contributed by atoms with Gasteiger partial charge in [0.15, 0.2) is 16.6 Å². The lowest BCUT2D eigenvalue weighted by Gasteiger charge is -2.43. The van der Waals surface area contributed by atoms with Crippen LogP contribution in [0.15, 0.2) is 170 Å². The van der Waals surface area contributed by atoms with Crippen molar-refractivity contribution >= 4 is 70.0 Å². The van der Waals surface area contributed by atoms with Crippen molar-refractivity contribution in [1.82, 2.24) is 0 Å². The number of carbonyl (C=O) groups excluding carboxylic acids is 2. The zero-order chi connectivity index (χ0) is 95.0. The van der Waals surface area contributed by atoms with Gasteiger partial charge in [0.05, 0.1) is 50.5 Å². The number of esters is 2. The van der Waals surface area contributed by atoms with E-state index in [4.69, 9.17) is 27.3 Å². The average molecular weight is 1800 g/mol. The molecule has 1 saturated heterocycles. The van der Waals surface area contributed by atoms with Crippen LogP contribution in [0.25, 0.3) is 11.1 Å². The summed E-state index contributed by atoms with van der Waals surface area (Å²) in [6, 6.07) is 55.9. The lowest BCUT2D eigenvalue weighted by molar-refractivity contribution is -0.140. The number of halogens is 3. The van der Waals surface area contributed by atoms with Crippen molar-refractivity contribution in [2.75, 3.05) is 14.2 Å². The van der Waals surface area contributed by atoms with Gasteiger partial charge in [-0.25, -0.2) is 0 Å². The highest BCUT2D eigenvalue weighted by Gasteiger charge is 2.55. The molecule has 1 aliphatic heterocycles. The van der Waals surface area contributed by atoms with Gasteiger partial charge in [0.1, 0.15) is 17.2 Å². The van der Waals surface area contributed by atoms with E-state index in [-0.39, 0.29) is 98.1 Å². The van der Waals surface area contributed by atoms with E-state index in [9.17, 15) is 36.3 Å². The fourth-order valence-electron chi connectivity index (χ4n) is 16.7. The summed E-state index contributed by atoms with van der Waals surface area (Å²) in [5.74, 6) is -1.43. The number of phenolic OH excluding ortho intramolecular Hbond substituents is 1. The molecule has 9 rings (SSSR count). The predicted octanol–water partition coefficient (Wildman–Crippen LogP) is 25.5. The van der Waals surface area contributed by atoms with E-state index in [1.165, 1.54) is 63.2 Å². The first-order chi connectivity index (χ1) is 58.0. The second kappa shape index (κ2) is 40.8. The molecular formula is C105H150BF3O13SSi3. The van der Waals surface area contributed by atoms with Gasteiger partial charge in [0.25, 0.3) is 0 Å². The average Bonchev–Trinajstić information content (AvgIpc) is 0.981. The minimum absolute atomic E-state index is 0.0398. The Bertz CT molecular complexity index is 5060. The third-order valence-electron chi connectivity index (χ3n) is 27.6. The minimum Gasteiger partial charge on any atom is -0.534 e. The monoisotopic (exact) mass is 1800 g/mol. The summed E-state index contributed by atoms with van der Waals surface area (Å²) in [6.07, 6.45) is 8.41. The maximum Gasteiger partial charge on any atom is 0.534 e. The van der Waals surface area contributed by atoms with E-state index in [1.807, 2.05) is 87.5 Å². The van der Waals surface area contributed by atoms with Crippen LogP contribution in [-0.2, 0) is 83.9 Å². The van der Waals surface area contributed by atoms with Crippen LogP contribution >= 0.6 is 0 Å². The molecule has 0 saturated carbocycles. The number of hydrogen-bond acceptors (Lipinski definition) is 13. The first-order valence-corrected chi connectivity index (χ1v) is 54.2. The van der Waals surface area contributed by atoms with Crippen LogP contribution in [0.1, 0.15) is 265 Å². The Morgan fingerprint density at radius 3 is 1.19 bits per heavy atom. The van der Waals surface area contributed by atoms with Gasteiger partial charge in [-0.3, -0.25) is 9.59 Å². The molecular weight excluding hydrogens is 1650 g/mol. The van der Waals surface area contributed by atoms with E-state index in [0.29, 0.717) is 0 Å². The van der Waals surface area contributed by atoms with Crippen molar-refractivity contribution in [3.63, 3.8) is 0 Å². The second-order valence-electron chi connectivity index (χ2n) is 42.0. The molecule has 8 aromatic rings. The Labute approximate surface area is 759 Å². The highest BCUT2D eigenvalue weighted by Crippen LogP contribution is 2.48. The fourth-order valence-corrected chi connectivity index (χ4v) is 24.7. The van der Waals surface area contributed by atoms with E-state index in [1.54, 1.807) is 12.1 Å². The molecule has 0 spiro atoms. The quantitative estimate of drug-likeness (QED) is 0.0196. The number of aromatic hydroxyl groups is 1. The molecule has 8 aromatic carbocycles. The number of methoxy groups -OCH3 is 2. The van der Waals surface area contributed by atoms with Gasteiger partial charge in [0.2, 0.25) is 0 Å². The number of rotatable bonds is 30. The SMILES string of the molecule is CCC(CC)(c1ccc(CCC(O[Si](C)(C)C(C)(C)C)C(C)(C)C)c(C)c1)c1ccc(-c2cc(O)cc(CC(=O)OC)c2)c(C)c1.CCC(CC)(c1ccc(CCC(O[Si](C)(C)C(C)(C)C)C(C)(C)C)c(C)c1)c1ccc(B2OC(C)(C)C(C)(C)O2)c(C)c1.COC(=O)Cc1cc(O[Si](c2ccccc2)(c2ccccc2)C(C)(C)C)cc(OS(=O)(=O)C(F)(F)F)c1. The Balaban J connectivity index is 0.000000261. The summed E-state index contributed by atoms with van der Waals surface area (Å²) in [5.41, 5.74) is 11.0. The molecule has 0 aliphatic carbocycles. The molecule has 0 radical (unpaired) electrons. The summed E-state index contributed by atoms with van der Waals surface area (Å²) in [7, 11) is -10.7. The Hall–Kier alpha value is -7.60. The summed E-state index contributed by atoms with van der Waals surface area (Å²) in [5, 5.41) is 12.1. The molecule has 126 heavy (non-hydrogen) atoms. The molecule has 690 valence electrons. The molecule has 2 unspecified atom stereocenters. The third kappa shape index (κ3) is 24.9. The lowest BCUT2D eigenvalue weighted by atomic mass is 9.67. The summed E-state index contributed by atoms with van der Waals surface area (Å²) in [4.78, 5) is 23.8. The maximum absolute atomic E-state index is 13.0. The van der Waals surface area contributed by atoms with Gasteiger partial charge < -0.3 is 41.4 Å². The van der Waals surface area contributed by atoms with Gasteiger partial charge in [-0.2, -0.15) is 21.6 Å². The van der Waals surface area contributed by atoms with Crippen molar-refractivity contribution in [1.29, 1.82) is 0 Å². The van der Waals surface area contributed by atoms with Gasteiger partial charge in [-0.15, -0.1) is 0 Å². The zero-order valence-corrected chi connectivity index (χ0v) is 86.2. The van der Waals surface area contributed by atoms with Gasteiger partial charge in [-0.1, -0.05) is 277 Å². The van der Waals surface area contributed by atoms with Gasteiger partial charge in [-0.05, 0) is 271 Å². The van der Waals surface area contributed by atoms with Crippen LogP contribution < -0.4 is 24.4 Å². The van der Waals surface area contributed by atoms with Crippen LogP contribution in [0.5, 0.6) is 17.2 Å². The Morgan fingerprint density at radius 2 is 0.841 bits per heavy atom. The lowest BCUT2D eigenvalue weighted by Crippen LogP contribution is -2.68. The van der Waals surface area contributed by atoms with Crippen molar-refractivity contribution in [3.05, 3.63) is 237 Å². The number of benzene rings is 8. The molecule has 0 amide bonds. The largest absolute Gasteiger partial charge is 0.534 e. The van der Waals surface area contributed by atoms with Gasteiger partial charge >= 0.3 is 43.0 Å². The van der Waals surface area contributed by atoms with E-state index in [2.05, 4.69) is 274 Å². The maximum atomic E-state index is 13.0. The van der Waals surface area contributed by atoms with Crippen LogP contribution in [0.3, 0.4) is 0 Å². The van der Waals surface area contributed by atoms with Crippen molar-refractivity contribution in [3.8, 4) is 28.4 Å². The first-order valence-electron chi connectivity index (χ1n) is 45.0. The van der Waals surface area contributed by atoms with Crippen LogP contribution in [0, 0.1) is 38.5 Å². The number of hydrogen-bond donors (Lipinski definition) is 1. The topological polar surface area (TPSA) is 162 Å². The van der Waals surface area contributed by atoms with Crippen molar-refractivity contribution in [2.45, 2.75) is 332 Å². The molecule has 21 heteroatoms. The molecule has 1 N–H and O–H groups in total. The van der Waals surface area contributed by atoms with Gasteiger partial charge in [0, 0.05) is 16.9 Å². The first kappa shape index (κ1) is 105. The predicted molar refractivity (Wildman–Crippen MR) is 522 cm³/mol.